The molecule has 0 saturated carbocycles. The standard InChI is InChI=1S/C19H23N5O2/c1-13-9-14(19(25)20-7-8-26-4)5-6-16(13)24(3)18-10-17-15(11-21-18)22-12-23(17)2/h5-6,9-12H,7-8H2,1-4H3,(H,20,25). The number of aromatic nitrogens is 3. The van der Waals surface area contributed by atoms with Crippen molar-refractivity contribution < 1.29 is 9.53 Å². The van der Waals surface area contributed by atoms with Crippen molar-refractivity contribution in [1.82, 2.24) is 19.9 Å². The summed E-state index contributed by atoms with van der Waals surface area (Å²) in [7, 11) is 5.53. The van der Waals surface area contributed by atoms with E-state index in [1.807, 2.05) is 54.8 Å². The van der Waals surface area contributed by atoms with E-state index in [1.54, 1.807) is 19.6 Å². The fourth-order valence-electron chi connectivity index (χ4n) is 2.87. The van der Waals surface area contributed by atoms with Gasteiger partial charge in [0.05, 0.1) is 24.6 Å². The molecule has 0 bridgehead atoms. The van der Waals surface area contributed by atoms with Gasteiger partial charge in [0.25, 0.3) is 5.91 Å². The number of anilines is 2. The van der Waals surface area contributed by atoms with Gasteiger partial charge in [0.15, 0.2) is 0 Å². The zero-order valence-electron chi connectivity index (χ0n) is 15.5. The molecule has 3 aromatic rings. The molecule has 0 aliphatic rings. The Morgan fingerprint density at radius 2 is 2.12 bits per heavy atom. The summed E-state index contributed by atoms with van der Waals surface area (Å²) < 4.78 is 6.92. The van der Waals surface area contributed by atoms with Crippen LogP contribution in [0.25, 0.3) is 11.0 Å². The molecule has 0 atom stereocenters. The fraction of sp³-hybridized carbons (Fsp3) is 0.316. The van der Waals surface area contributed by atoms with Crippen LogP contribution in [0.2, 0.25) is 0 Å². The van der Waals surface area contributed by atoms with Crippen molar-refractivity contribution in [3.8, 4) is 0 Å². The number of methoxy groups -OCH3 is 1. The lowest BCUT2D eigenvalue weighted by Crippen LogP contribution is -2.27. The molecule has 0 spiro atoms. The van der Waals surface area contributed by atoms with Crippen LogP contribution < -0.4 is 10.2 Å². The average molecular weight is 353 g/mol. The van der Waals surface area contributed by atoms with E-state index in [2.05, 4.69) is 15.3 Å². The lowest BCUT2D eigenvalue weighted by molar-refractivity contribution is 0.0937. The van der Waals surface area contributed by atoms with Gasteiger partial charge in [0.1, 0.15) is 11.3 Å². The van der Waals surface area contributed by atoms with Gasteiger partial charge >= 0.3 is 0 Å². The van der Waals surface area contributed by atoms with Crippen LogP contribution in [0.3, 0.4) is 0 Å². The molecular formula is C19H23N5O2. The fourth-order valence-corrected chi connectivity index (χ4v) is 2.87. The predicted molar refractivity (Wildman–Crippen MR) is 102 cm³/mol. The minimum atomic E-state index is -0.103. The van der Waals surface area contributed by atoms with Crippen LogP contribution in [0.1, 0.15) is 15.9 Å². The second-order valence-corrected chi connectivity index (χ2v) is 6.20. The molecule has 2 aromatic heterocycles. The number of fused-ring (bicyclic) bond motifs is 1. The minimum Gasteiger partial charge on any atom is -0.383 e. The van der Waals surface area contributed by atoms with Gasteiger partial charge in [-0.05, 0) is 30.7 Å². The van der Waals surface area contributed by atoms with Gasteiger partial charge < -0.3 is 19.5 Å². The molecular weight excluding hydrogens is 330 g/mol. The first kappa shape index (κ1) is 17.9. The van der Waals surface area contributed by atoms with Crippen molar-refractivity contribution in [2.75, 3.05) is 32.2 Å². The van der Waals surface area contributed by atoms with E-state index in [9.17, 15) is 4.79 Å². The number of carbonyl (C=O) groups excluding carboxylic acids is 1. The zero-order chi connectivity index (χ0) is 18.7. The average Bonchev–Trinajstić information content (AvgIpc) is 3.01. The Morgan fingerprint density at radius 3 is 2.85 bits per heavy atom. The summed E-state index contributed by atoms with van der Waals surface area (Å²) in [6.45, 7) is 2.97. The molecule has 3 rings (SSSR count). The number of imidazole rings is 1. The molecule has 26 heavy (non-hydrogen) atoms. The summed E-state index contributed by atoms with van der Waals surface area (Å²) in [5.41, 5.74) is 4.51. The van der Waals surface area contributed by atoms with Gasteiger partial charge in [-0.3, -0.25) is 4.79 Å². The number of hydrogen-bond acceptors (Lipinski definition) is 5. The number of rotatable bonds is 6. The summed E-state index contributed by atoms with van der Waals surface area (Å²) in [4.78, 5) is 23.0. The van der Waals surface area contributed by atoms with Crippen molar-refractivity contribution in [2.45, 2.75) is 6.92 Å². The quantitative estimate of drug-likeness (QED) is 0.689. The lowest BCUT2D eigenvalue weighted by atomic mass is 10.1. The van der Waals surface area contributed by atoms with Gasteiger partial charge in [0.2, 0.25) is 0 Å². The summed E-state index contributed by atoms with van der Waals surface area (Å²) >= 11 is 0. The molecule has 1 aromatic carbocycles. The summed E-state index contributed by atoms with van der Waals surface area (Å²) in [6.07, 6.45) is 3.55. The van der Waals surface area contributed by atoms with Crippen LogP contribution in [0.15, 0.2) is 36.8 Å². The molecule has 0 unspecified atom stereocenters. The van der Waals surface area contributed by atoms with Crippen LogP contribution in [-0.4, -0.2) is 47.8 Å². The van der Waals surface area contributed by atoms with Crippen LogP contribution in [0, 0.1) is 6.92 Å². The van der Waals surface area contributed by atoms with Crippen molar-refractivity contribution in [1.29, 1.82) is 0 Å². The highest BCUT2D eigenvalue weighted by atomic mass is 16.5. The van der Waals surface area contributed by atoms with Gasteiger partial charge in [-0.25, -0.2) is 9.97 Å². The Labute approximate surface area is 152 Å². The number of benzene rings is 1. The van der Waals surface area contributed by atoms with Crippen molar-refractivity contribution >= 4 is 28.4 Å². The Hall–Kier alpha value is -2.93. The van der Waals surface area contributed by atoms with E-state index in [1.165, 1.54) is 0 Å². The van der Waals surface area contributed by atoms with E-state index < -0.39 is 0 Å². The van der Waals surface area contributed by atoms with Gasteiger partial charge in [-0.15, -0.1) is 0 Å². The van der Waals surface area contributed by atoms with E-state index in [4.69, 9.17) is 4.74 Å². The molecule has 0 radical (unpaired) electrons. The second-order valence-electron chi connectivity index (χ2n) is 6.20. The minimum absolute atomic E-state index is 0.103. The molecule has 0 fully saturated rings. The van der Waals surface area contributed by atoms with Gasteiger partial charge in [-0.1, -0.05) is 0 Å². The third kappa shape index (κ3) is 3.52. The largest absolute Gasteiger partial charge is 0.383 e. The van der Waals surface area contributed by atoms with E-state index >= 15 is 0 Å². The predicted octanol–water partition coefficient (Wildman–Crippen LogP) is 2.42. The maximum Gasteiger partial charge on any atom is 0.251 e. The van der Waals surface area contributed by atoms with Gasteiger partial charge in [-0.2, -0.15) is 0 Å². The second kappa shape index (κ2) is 7.53. The van der Waals surface area contributed by atoms with E-state index in [0.29, 0.717) is 18.7 Å². The number of aryl methyl sites for hydroxylation is 2. The maximum absolute atomic E-state index is 12.2. The Kier molecular flexibility index (Phi) is 5.18. The molecule has 0 aliphatic heterocycles. The first-order valence-corrected chi connectivity index (χ1v) is 8.40. The maximum atomic E-state index is 12.2. The third-order valence-electron chi connectivity index (χ3n) is 4.35. The first-order valence-electron chi connectivity index (χ1n) is 8.40. The number of nitrogens with zero attached hydrogens (tertiary/aromatic N) is 4. The number of hydrogen-bond donors (Lipinski definition) is 1. The highest BCUT2D eigenvalue weighted by Crippen LogP contribution is 2.27. The number of pyridine rings is 1. The Bertz CT molecular complexity index is 935. The number of nitrogens with one attached hydrogen (secondary N) is 1. The molecule has 0 saturated heterocycles. The van der Waals surface area contributed by atoms with Crippen molar-refractivity contribution in [2.24, 2.45) is 7.05 Å². The highest BCUT2D eigenvalue weighted by Gasteiger charge is 2.13. The monoisotopic (exact) mass is 353 g/mol. The smallest absolute Gasteiger partial charge is 0.251 e. The highest BCUT2D eigenvalue weighted by molar-refractivity contribution is 5.95. The molecule has 1 N–H and O–H groups in total. The van der Waals surface area contributed by atoms with E-state index in [-0.39, 0.29) is 5.91 Å². The molecule has 136 valence electrons. The number of carbonyl (C=O) groups is 1. The summed E-state index contributed by atoms with van der Waals surface area (Å²) in [5, 5.41) is 2.83. The first-order chi connectivity index (χ1) is 12.5. The van der Waals surface area contributed by atoms with Crippen LogP contribution >= 0.6 is 0 Å². The van der Waals surface area contributed by atoms with Crippen molar-refractivity contribution in [3.63, 3.8) is 0 Å². The van der Waals surface area contributed by atoms with Crippen molar-refractivity contribution in [3.05, 3.63) is 47.9 Å². The Balaban J connectivity index is 1.83. The molecule has 7 heteroatoms. The van der Waals surface area contributed by atoms with Crippen LogP contribution in [-0.2, 0) is 11.8 Å². The number of amides is 1. The third-order valence-corrected chi connectivity index (χ3v) is 4.35. The SMILES string of the molecule is COCCNC(=O)c1ccc(N(C)c2cc3c(cn2)ncn3C)c(C)c1. The normalized spacial score (nSPS) is 10.9. The Morgan fingerprint density at radius 1 is 1.31 bits per heavy atom. The molecule has 1 amide bonds. The summed E-state index contributed by atoms with van der Waals surface area (Å²) in [5.74, 6) is 0.718. The van der Waals surface area contributed by atoms with Gasteiger partial charge in [0, 0.05) is 45.1 Å². The zero-order valence-corrected chi connectivity index (χ0v) is 15.5. The lowest BCUT2D eigenvalue weighted by Gasteiger charge is -2.21. The van der Waals surface area contributed by atoms with Crippen LogP contribution in [0.5, 0.6) is 0 Å². The van der Waals surface area contributed by atoms with E-state index in [0.717, 1.165) is 28.1 Å². The topological polar surface area (TPSA) is 72.3 Å². The molecule has 2 heterocycles. The molecule has 7 nitrogen and oxygen atoms in total. The van der Waals surface area contributed by atoms with Crippen LogP contribution in [0.4, 0.5) is 11.5 Å². The summed E-state index contributed by atoms with van der Waals surface area (Å²) in [6, 6.07) is 7.66. The molecule has 0 aliphatic carbocycles. The number of ether oxygens (including phenoxy) is 1.